The van der Waals surface area contributed by atoms with Gasteiger partial charge in [-0.15, -0.1) is 21.5 Å². The third kappa shape index (κ3) is 3.88. The van der Waals surface area contributed by atoms with Crippen molar-refractivity contribution in [2.45, 2.75) is 31.0 Å². The van der Waals surface area contributed by atoms with Crippen molar-refractivity contribution in [3.8, 4) is 22.6 Å². The second-order valence-corrected chi connectivity index (χ2v) is 9.83. The Morgan fingerprint density at radius 1 is 1.13 bits per heavy atom. The number of amides is 1. The largest absolute Gasteiger partial charge is 0.301 e. The maximum Gasteiger partial charge on any atom is 0.236 e. The van der Waals surface area contributed by atoms with Crippen LogP contribution in [0.5, 0.6) is 0 Å². The number of anilines is 1. The van der Waals surface area contributed by atoms with E-state index in [9.17, 15) is 4.79 Å². The van der Waals surface area contributed by atoms with Gasteiger partial charge in [0, 0.05) is 22.0 Å². The molecule has 0 atom stereocenters. The van der Waals surface area contributed by atoms with Gasteiger partial charge < -0.3 is 5.32 Å². The van der Waals surface area contributed by atoms with E-state index >= 15 is 0 Å². The SMILES string of the molecule is CC1(C)Cc2ccccc2-c2nnc(SCC(=O)Nc3nc(-c4ccccc4)cs3)n21. The fourth-order valence-corrected chi connectivity index (χ4v) is 5.51. The fraction of sp³-hybridized carbons (Fsp3) is 0.217. The first kappa shape index (κ1) is 20.0. The van der Waals surface area contributed by atoms with Gasteiger partial charge in [0.15, 0.2) is 16.1 Å². The van der Waals surface area contributed by atoms with E-state index in [1.165, 1.54) is 28.7 Å². The molecule has 0 unspecified atom stereocenters. The molecule has 0 saturated carbocycles. The molecule has 2 aromatic heterocycles. The van der Waals surface area contributed by atoms with Crippen LogP contribution >= 0.6 is 23.1 Å². The van der Waals surface area contributed by atoms with E-state index in [-0.39, 0.29) is 17.2 Å². The molecule has 8 heteroatoms. The van der Waals surface area contributed by atoms with Crippen LogP contribution in [0, 0.1) is 0 Å². The fourth-order valence-electron chi connectivity index (χ4n) is 3.88. The molecule has 0 aliphatic carbocycles. The standard InChI is InChI=1S/C23H21N5OS2/c1-23(2)12-16-10-6-7-11-17(16)20-26-27-22(28(20)23)31-14-19(29)25-21-24-18(13-30-21)15-8-4-3-5-9-15/h3-11,13H,12,14H2,1-2H3,(H,24,25,29). The molecule has 0 saturated heterocycles. The molecule has 0 fully saturated rings. The Morgan fingerprint density at radius 2 is 1.90 bits per heavy atom. The second-order valence-electron chi connectivity index (χ2n) is 8.03. The summed E-state index contributed by atoms with van der Waals surface area (Å²) >= 11 is 2.83. The third-order valence-corrected chi connectivity index (χ3v) is 6.96. The van der Waals surface area contributed by atoms with Gasteiger partial charge >= 0.3 is 0 Å². The van der Waals surface area contributed by atoms with Crippen molar-refractivity contribution in [3.63, 3.8) is 0 Å². The van der Waals surface area contributed by atoms with Crippen LogP contribution in [0.25, 0.3) is 22.6 Å². The summed E-state index contributed by atoms with van der Waals surface area (Å²) in [6.45, 7) is 4.36. The number of benzene rings is 2. The Bertz CT molecular complexity index is 1250. The van der Waals surface area contributed by atoms with Gasteiger partial charge in [-0.1, -0.05) is 66.4 Å². The molecular formula is C23H21N5OS2. The first-order chi connectivity index (χ1) is 15.0. The van der Waals surface area contributed by atoms with Gasteiger partial charge in [0.05, 0.1) is 11.4 Å². The smallest absolute Gasteiger partial charge is 0.236 e. The zero-order chi connectivity index (χ0) is 21.4. The number of rotatable bonds is 5. The number of carbonyl (C=O) groups is 1. The molecule has 2 aromatic carbocycles. The number of thioether (sulfide) groups is 1. The molecule has 4 aromatic rings. The first-order valence-corrected chi connectivity index (χ1v) is 11.9. The predicted molar refractivity (Wildman–Crippen MR) is 125 cm³/mol. The summed E-state index contributed by atoms with van der Waals surface area (Å²) in [4.78, 5) is 17.1. The Morgan fingerprint density at radius 3 is 2.74 bits per heavy atom. The van der Waals surface area contributed by atoms with E-state index < -0.39 is 0 Å². The lowest BCUT2D eigenvalue weighted by atomic mass is 9.87. The lowest BCUT2D eigenvalue weighted by Gasteiger charge is -2.34. The highest BCUT2D eigenvalue weighted by Gasteiger charge is 2.34. The van der Waals surface area contributed by atoms with Gasteiger partial charge in [0.1, 0.15) is 0 Å². The van der Waals surface area contributed by atoms with Crippen molar-refractivity contribution >= 4 is 34.1 Å². The molecule has 0 bridgehead atoms. The van der Waals surface area contributed by atoms with E-state index in [2.05, 4.69) is 57.1 Å². The molecule has 6 nitrogen and oxygen atoms in total. The number of hydrogen-bond donors (Lipinski definition) is 1. The zero-order valence-corrected chi connectivity index (χ0v) is 18.8. The molecule has 0 spiro atoms. The Balaban J connectivity index is 1.29. The second kappa shape index (κ2) is 7.94. The molecule has 1 aliphatic heterocycles. The summed E-state index contributed by atoms with van der Waals surface area (Å²) in [5, 5.41) is 15.1. The van der Waals surface area contributed by atoms with Crippen LogP contribution in [0.15, 0.2) is 65.1 Å². The van der Waals surface area contributed by atoms with Crippen molar-refractivity contribution in [2.75, 3.05) is 11.1 Å². The maximum atomic E-state index is 12.6. The molecule has 31 heavy (non-hydrogen) atoms. The van der Waals surface area contributed by atoms with Crippen molar-refractivity contribution < 1.29 is 4.79 Å². The van der Waals surface area contributed by atoms with Crippen LogP contribution in [-0.2, 0) is 16.8 Å². The number of hydrogen-bond acceptors (Lipinski definition) is 6. The van der Waals surface area contributed by atoms with Crippen molar-refractivity contribution in [1.29, 1.82) is 0 Å². The number of fused-ring (bicyclic) bond motifs is 3. The van der Waals surface area contributed by atoms with Crippen LogP contribution in [0.1, 0.15) is 19.4 Å². The summed E-state index contributed by atoms with van der Waals surface area (Å²) in [5.74, 6) is 1.00. The molecule has 0 radical (unpaired) electrons. The topological polar surface area (TPSA) is 72.7 Å². The Labute approximate surface area is 188 Å². The average Bonchev–Trinajstić information content (AvgIpc) is 3.41. The molecule has 1 N–H and O–H groups in total. The Hall–Kier alpha value is -2.97. The number of nitrogens with one attached hydrogen (secondary N) is 1. The quantitative estimate of drug-likeness (QED) is 0.432. The minimum atomic E-state index is -0.161. The van der Waals surface area contributed by atoms with Crippen LogP contribution in [0.4, 0.5) is 5.13 Å². The first-order valence-electron chi connectivity index (χ1n) is 9.99. The highest BCUT2D eigenvalue weighted by molar-refractivity contribution is 7.99. The van der Waals surface area contributed by atoms with Gasteiger partial charge in [-0.05, 0) is 25.8 Å². The van der Waals surface area contributed by atoms with Gasteiger partial charge in [0.25, 0.3) is 0 Å². The average molecular weight is 448 g/mol. The maximum absolute atomic E-state index is 12.6. The normalized spacial score (nSPS) is 14.0. The molecular weight excluding hydrogens is 426 g/mol. The minimum absolute atomic E-state index is 0.106. The van der Waals surface area contributed by atoms with E-state index in [1.807, 2.05) is 41.8 Å². The number of thiazole rings is 1. The van der Waals surface area contributed by atoms with Crippen LogP contribution in [0.3, 0.4) is 0 Å². The summed E-state index contributed by atoms with van der Waals surface area (Å²) in [6, 6.07) is 18.2. The molecule has 1 amide bonds. The molecule has 1 aliphatic rings. The summed E-state index contributed by atoms with van der Waals surface area (Å²) in [5.41, 5.74) is 4.12. The zero-order valence-electron chi connectivity index (χ0n) is 17.2. The predicted octanol–water partition coefficient (Wildman–Crippen LogP) is 5.09. The summed E-state index contributed by atoms with van der Waals surface area (Å²) in [7, 11) is 0. The monoisotopic (exact) mass is 447 g/mol. The molecule has 3 heterocycles. The van der Waals surface area contributed by atoms with Crippen molar-refractivity contribution in [2.24, 2.45) is 0 Å². The van der Waals surface area contributed by atoms with E-state index in [0.717, 1.165) is 34.2 Å². The number of aromatic nitrogens is 4. The third-order valence-electron chi connectivity index (χ3n) is 5.27. The van der Waals surface area contributed by atoms with Gasteiger partial charge in [0.2, 0.25) is 5.91 Å². The number of nitrogens with zero attached hydrogens (tertiary/aromatic N) is 4. The summed E-state index contributed by atoms with van der Waals surface area (Å²) < 4.78 is 2.16. The van der Waals surface area contributed by atoms with Gasteiger partial charge in [-0.3, -0.25) is 9.36 Å². The lowest BCUT2D eigenvalue weighted by molar-refractivity contribution is -0.113. The molecule has 5 rings (SSSR count). The van der Waals surface area contributed by atoms with Crippen molar-refractivity contribution in [3.05, 3.63) is 65.5 Å². The van der Waals surface area contributed by atoms with Gasteiger partial charge in [-0.25, -0.2) is 4.98 Å². The molecule has 156 valence electrons. The Kier molecular flexibility index (Phi) is 5.11. The van der Waals surface area contributed by atoms with E-state index in [1.54, 1.807) is 0 Å². The van der Waals surface area contributed by atoms with E-state index in [4.69, 9.17) is 0 Å². The van der Waals surface area contributed by atoms with E-state index in [0.29, 0.717) is 5.13 Å². The highest BCUT2D eigenvalue weighted by atomic mass is 32.2. The van der Waals surface area contributed by atoms with Crippen LogP contribution < -0.4 is 5.32 Å². The number of carbonyl (C=O) groups excluding carboxylic acids is 1. The lowest BCUT2D eigenvalue weighted by Crippen LogP contribution is -2.33. The van der Waals surface area contributed by atoms with Crippen LogP contribution in [0.2, 0.25) is 0 Å². The van der Waals surface area contributed by atoms with Crippen LogP contribution in [-0.4, -0.2) is 31.4 Å². The summed E-state index contributed by atoms with van der Waals surface area (Å²) in [6.07, 6.45) is 0.898. The highest BCUT2D eigenvalue weighted by Crippen LogP contribution is 2.39. The van der Waals surface area contributed by atoms with Gasteiger partial charge in [-0.2, -0.15) is 0 Å². The minimum Gasteiger partial charge on any atom is -0.301 e. The van der Waals surface area contributed by atoms with Crippen molar-refractivity contribution in [1.82, 2.24) is 19.7 Å².